The zero-order valence-electron chi connectivity index (χ0n) is 23.9. The van der Waals surface area contributed by atoms with Gasteiger partial charge in [-0.3, -0.25) is 10.3 Å². The van der Waals surface area contributed by atoms with Gasteiger partial charge in [0.15, 0.2) is 0 Å². The number of aromatic nitrogens is 3. The van der Waals surface area contributed by atoms with E-state index >= 15 is 0 Å². The van der Waals surface area contributed by atoms with Crippen LogP contribution in [0.4, 0.5) is 16.3 Å². The zero-order chi connectivity index (χ0) is 31.2. The highest BCUT2D eigenvalue weighted by atomic mass is 35.5. The Morgan fingerprint density at radius 1 is 1.00 bits per heavy atom. The van der Waals surface area contributed by atoms with Crippen molar-refractivity contribution >= 4 is 39.7 Å². The van der Waals surface area contributed by atoms with E-state index in [2.05, 4.69) is 75.7 Å². The first kappa shape index (κ1) is 32.8. The van der Waals surface area contributed by atoms with Crippen LogP contribution in [-0.2, 0) is 20.7 Å². The maximum atomic E-state index is 11.8. The molecule has 2 aromatic heterocycles. The lowest BCUT2D eigenvalue weighted by Gasteiger charge is -2.18. The summed E-state index contributed by atoms with van der Waals surface area (Å²) >= 11 is 6.16. The number of hydrogen-bond donors (Lipinski definition) is 1. The van der Waals surface area contributed by atoms with Crippen LogP contribution in [0.3, 0.4) is 0 Å². The van der Waals surface area contributed by atoms with E-state index in [1.54, 1.807) is 18.2 Å². The number of pyridine rings is 1. The molecule has 0 aliphatic heterocycles. The molecule has 43 heavy (non-hydrogen) atoms. The highest BCUT2D eigenvalue weighted by molar-refractivity contribution is 7.61. The van der Waals surface area contributed by atoms with Crippen molar-refractivity contribution in [2.45, 2.75) is 26.2 Å². The maximum absolute atomic E-state index is 11.8. The van der Waals surface area contributed by atoms with Crippen molar-refractivity contribution in [1.82, 2.24) is 15.0 Å². The highest BCUT2D eigenvalue weighted by Gasteiger charge is 2.18. The number of carbonyl (C=O) groups is 1. The first-order chi connectivity index (χ1) is 20.6. The van der Waals surface area contributed by atoms with Crippen LogP contribution in [0.15, 0.2) is 83.7 Å². The summed E-state index contributed by atoms with van der Waals surface area (Å²) in [6.07, 6.45) is 3.37. The van der Waals surface area contributed by atoms with E-state index in [1.165, 1.54) is 37.2 Å². The van der Waals surface area contributed by atoms with E-state index in [-0.39, 0.29) is 41.4 Å². The van der Waals surface area contributed by atoms with Crippen LogP contribution in [-0.4, -0.2) is 49.8 Å². The Balaban J connectivity index is 0.000000428. The number of hydrogen-bond acceptors (Lipinski definition) is 11. The third kappa shape index (κ3) is 10.9. The Kier molecular flexibility index (Phi) is 12.2. The predicted molar refractivity (Wildman–Crippen MR) is 161 cm³/mol. The number of nitrogens with one attached hydrogen (secondary N) is 1. The van der Waals surface area contributed by atoms with Crippen molar-refractivity contribution in [3.05, 3.63) is 90.0 Å². The molecule has 0 saturated carbocycles. The normalized spacial score (nSPS) is 10.4. The van der Waals surface area contributed by atoms with Crippen LogP contribution in [0, 0.1) is 0 Å². The third-order valence-corrected chi connectivity index (χ3v) is 6.02. The van der Waals surface area contributed by atoms with Crippen molar-refractivity contribution in [3.63, 3.8) is 0 Å². The number of rotatable bonds is 9. The minimum atomic E-state index is -2.83. The van der Waals surface area contributed by atoms with Crippen LogP contribution >= 0.6 is 11.6 Å². The van der Waals surface area contributed by atoms with E-state index in [0.717, 1.165) is 6.33 Å². The molecule has 226 valence electrons. The average molecular weight is 628 g/mol. The van der Waals surface area contributed by atoms with Crippen molar-refractivity contribution in [2.24, 2.45) is 4.36 Å². The minimum Gasteiger partial charge on any atom is -0.497 e. The highest BCUT2D eigenvalue weighted by Crippen LogP contribution is 2.40. The van der Waals surface area contributed by atoms with Crippen molar-refractivity contribution < 1.29 is 32.2 Å². The number of benzene rings is 2. The Hall–Kier alpha value is -4.75. The van der Waals surface area contributed by atoms with Gasteiger partial charge >= 0.3 is 16.6 Å². The summed E-state index contributed by atoms with van der Waals surface area (Å²) in [6, 6.07) is 18.4. The van der Waals surface area contributed by atoms with Gasteiger partial charge < -0.3 is 18.9 Å². The lowest BCUT2D eigenvalue weighted by Crippen LogP contribution is -2.18. The maximum Gasteiger partial charge on any atom is 0.411 e. The molecule has 2 aromatic carbocycles. The summed E-state index contributed by atoms with van der Waals surface area (Å²) in [5, 5.41) is 2.72. The second kappa shape index (κ2) is 16.0. The predicted octanol–water partition coefficient (Wildman–Crippen LogP) is 6.63. The zero-order valence-corrected chi connectivity index (χ0v) is 25.4. The van der Waals surface area contributed by atoms with Gasteiger partial charge in [0.2, 0.25) is 11.6 Å². The fraction of sp³-hybridized carbons (Fsp3) is 0.241. The Bertz CT molecular complexity index is 1630. The Morgan fingerprint density at radius 3 is 2.35 bits per heavy atom. The van der Waals surface area contributed by atoms with Crippen molar-refractivity contribution in [2.75, 3.05) is 25.6 Å². The summed E-state index contributed by atoms with van der Waals surface area (Å²) in [6.45, 7) is 6.39. The Morgan fingerprint density at radius 2 is 1.72 bits per heavy atom. The van der Waals surface area contributed by atoms with Crippen LogP contribution < -0.4 is 19.5 Å². The largest absolute Gasteiger partial charge is 0.497 e. The summed E-state index contributed by atoms with van der Waals surface area (Å²) in [5.74, 6) is -0.113. The van der Waals surface area contributed by atoms with E-state index in [4.69, 9.17) is 30.5 Å². The van der Waals surface area contributed by atoms with Crippen LogP contribution in [0.1, 0.15) is 26.3 Å². The molecule has 12 nitrogen and oxygen atoms in total. The molecule has 4 aromatic rings. The summed E-state index contributed by atoms with van der Waals surface area (Å²) in [5.41, 5.74) is 2.20. The van der Waals surface area contributed by atoms with Gasteiger partial charge in [0.05, 0.1) is 12.1 Å². The molecule has 0 radical (unpaired) electrons. The topological polar surface area (TPSA) is 151 Å². The minimum absolute atomic E-state index is 0.122. The number of amides is 1. The molecule has 0 atom stereocenters. The number of ether oxygens (including phenoxy) is 4. The van der Waals surface area contributed by atoms with Gasteiger partial charge in [-0.25, -0.2) is 9.78 Å². The van der Waals surface area contributed by atoms with E-state index in [9.17, 15) is 13.2 Å². The molecule has 4 rings (SSSR count). The van der Waals surface area contributed by atoms with Gasteiger partial charge in [0.25, 0.3) is 5.88 Å². The van der Waals surface area contributed by atoms with Crippen LogP contribution in [0.5, 0.6) is 23.1 Å². The molecule has 0 bridgehead atoms. The van der Waals surface area contributed by atoms with E-state index < -0.39 is 16.6 Å². The van der Waals surface area contributed by atoms with Crippen LogP contribution in [0.2, 0.25) is 5.02 Å². The van der Waals surface area contributed by atoms with Crippen molar-refractivity contribution in [1.29, 1.82) is 0 Å². The molecule has 0 aliphatic carbocycles. The van der Waals surface area contributed by atoms with Gasteiger partial charge in [0.1, 0.15) is 31.0 Å². The summed E-state index contributed by atoms with van der Waals surface area (Å²) in [7, 11) is -1.37. The van der Waals surface area contributed by atoms with Gasteiger partial charge in [-0.05, 0) is 35.2 Å². The van der Waals surface area contributed by atoms with Gasteiger partial charge in [0, 0.05) is 24.1 Å². The molecule has 0 fully saturated rings. The number of nitrogens with zero attached hydrogens (tertiary/aromatic N) is 4. The fourth-order valence-corrected chi connectivity index (χ4v) is 3.70. The molecule has 14 heteroatoms. The fourth-order valence-electron chi connectivity index (χ4n) is 3.28. The molecule has 1 N–H and O–H groups in total. The van der Waals surface area contributed by atoms with E-state index in [1.807, 2.05) is 0 Å². The first-order valence-corrected chi connectivity index (χ1v) is 14.2. The van der Waals surface area contributed by atoms with Crippen LogP contribution in [0.25, 0.3) is 0 Å². The number of methoxy groups -OCH3 is 1. The average Bonchev–Trinajstić information content (AvgIpc) is 2.98. The van der Waals surface area contributed by atoms with Gasteiger partial charge in [-0.15, -0.1) is 4.36 Å². The number of anilines is 1. The smallest absolute Gasteiger partial charge is 0.411 e. The monoisotopic (exact) mass is 627 g/mol. The van der Waals surface area contributed by atoms with E-state index in [0.29, 0.717) is 16.9 Å². The molecule has 0 saturated heterocycles. The summed E-state index contributed by atoms with van der Waals surface area (Å²) in [4.78, 5) is 23.4. The molecular weight excluding hydrogens is 598 g/mol. The molecule has 0 aliphatic rings. The molecule has 1 amide bonds. The summed E-state index contributed by atoms with van der Waals surface area (Å²) < 4.78 is 47.0. The van der Waals surface area contributed by atoms with Gasteiger partial charge in [-0.2, -0.15) is 13.4 Å². The quantitative estimate of drug-likeness (QED) is 0.200. The lowest BCUT2D eigenvalue weighted by molar-refractivity contribution is 0.135. The van der Waals surface area contributed by atoms with Crippen molar-refractivity contribution in [3.8, 4) is 23.1 Å². The number of halogens is 1. The first-order valence-electron chi connectivity index (χ1n) is 12.8. The molecular formula is C29H30ClN5O7S. The Labute approximate surface area is 255 Å². The van der Waals surface area contributed by atoms with Gasteiger partial charge in [-0.1, -0.05) is 62.7 Å². The third-order valence-electron chi connectivity index (χ3n) is 5.39. The molecule has 2 heterocycles. The molecule has 0 unspecified atom stereocenters. The molecule has 0 spiro atoms. The second-order valence-corrected chi connectivity index (χ2v) is 10.5. The SMILES string of the molecule is CC(C)(C)c1ccccc1.COc1ccc(Cl)c(Oc2c(N=S(=O)=O)ncnc2OCCOC(=O)Nc2ccncc2)c1. The standard InChI is InChI=1S/C19H16ClN5O7S.C10H14/c1-29-13-2-3-14(20)15(10-13)32-16-17(25-33(27)28)22-11-23-18(16)30-8-9-31-19(26)24-12-4-6-21-7-5-12;1-10(2,3)9-7-5-4-6-8-9/h2-7,10-11H,8-9H2,1H3,(H,21,24,26);4-8H,1-3H3. The lowest BCUT2D eigenvalue weighted by atomic mass is 9.87. The second-order valence-electron chi connectivity index (χ2n) is 9.50. The number of carbonyl (C=O) groups excluding carboxylic acids is 1.